The van der Waals surface area contributed by atoms with E-state index in [1.54, 1.807) is 18.3 Å². The zero-order valence-corrected chi connectivity index (χ0v) is 24.0. The Morgan fingerprint density at radius 2 is 1.93 bits per heavy atom. The quantitative estimate of drug-likeness (QED) is 0.149. The van der Waals surface area contributed by atoms with Crippen LogP contribution in [0.2, 0.25) is 0 Å². The molecule has 0 unspecified atom stereocenters. The lowest BCUT2D eigenvalue weighted by Crippen LogP contribution is -2.32. The fraction of sp³-hybridized carbons (Fsp3) is 0.233. The second-order valence-electron chi connectivity index (χ2n) is 9.90. The molecule has 4 aromatic rings. The number of hydrogen-bond donors (Lipinski definition) is 2. The normalized spacial score (nSPS) is 16.3. The molecule has 2 aromatic heterocycles. The van der Waals surface area contributed by atoms with Gasteiger partial charge in [0.2, 0.25) is 5.91 Å². The van der Waals surface area contributed by atoms with E-state index in [-0.39, 0.29) is 35.9 Å². The highest BCUT2D eigenvalue weighted by Gasteiger charge is 2.41. The molecule has 0 saturated carbocycles. The van der Waals surface area contributed by atoms with E-state index >= 15 is 0 Å². The maximum absolute atomic E-state index is 13.3. The van der Waals surface area contributed by atoms with Crippen molar-refractivity contribution in [3.05, 3.63) is 112 Å². The highest BCUT2D eigenvalue weighted by Crippen LogP contribution is 2.42. The monoisotopic (exact) mass is 588 g/mol. The Morgan fingerprint density at radius 3 is 2.60 bits per heavy atom. The summed E-state index contributed by atoms with van der Waals surface area (Å²) in [7, 11) is 1.46. The molecule has 3 heterocycles. The van der Waals surface area contributed by atoms with Crippen LogP contribution in [0.15, 0.2) is 72.9 Å². The third-order valence-corrected chi connectivity index (χ3v) is 7.67. The van der Waals surface area contributed by atoms with Gasteiger partial charge in [-0.3, -0.25) is 19.9 Å². The van der Waals surface area contributed by atoms with Gasteiger partial charge in [0, 0.05) is 36.2 Å². The van der Waals surface area contributed by atoms with Crippen LogP contribution in [-0.4, -0.2) is 44.0 Å². The van der Waals surface area contributed by atoms with Gasteiger partial charge in [0.1, 0.15) is 17.3 Å². The number of ether oxygens (including phenoxy) is 1. The van der Waals surface area contributed by atoms with Crippen LogP contribution in [0.4, 0.5) is 15.8 Å². The van der Waals surface area contributed by atoms with Gasteiger partial charge in [-0.25, -0.2) is 4.39 Å². The highest BCUT2D eigenvalue weighted by molar-refractivity contribution is 7.80. The van der Waals surface area contributed by atoms with Crippen LogP contribution in [0.1, 0.15) is 41.1 Å². The number of amides is 1. The summed E-state index contributed by atoms with van der Waals surface area (Å²) in [4.78, 5) is 30.9. The minimum atomic E-state index is -0.425. The number of benzene rings is 2. The summed E-state index contributed by atoms with van der Waals surface area (Å²) < 4.78 is 20.4. The van der Waals surface area contributed by atoms with Crippen LogP contribution < -0.4 is 15.4 Å². The Balaban J connectivity index is 1.51. The van der Waals surface area contributed by atoms with Gasteiger partial charge in [0.15, 0.2) is 5.11 Å². The number of pyridine rings is 1. The Labute approximate surface area is 247 Å². The van der Waals surface area contributed by atoms with Crippen LogP contribution in [0.25, 0.3) is 5.69 Å². The maximum atomic E-state index is 13.3. The average Bonchev–Trinajstić information content (AvgIpc) is 3.47. The fourth-order valence-corrected chi connectivity index (χ4v) is 5.72. The van der Waals surface area contributed by atoms with Crippen molar-refractivity contribution in [2.45, 2.75) is 32.4 Å². The van der Waals surface area contributed by atoms with Gasteiger partial charge >= 0.3 is 0 Å². The average molecular weight is 589 g/mol. The van der Waals surface area contributed by atoms with E-state index in [9.17, 15) is 19.3 Å². The number of aryl methyl sites for hydroxylation is 1. The molecule has 10 nitrogen and oxygen atoms in total. The highest BCUT2D eigenvalue weighted by atomic mass is 32.1. The molecular weight excluding hydrogens is 559 g/mol. The molecule has 0 spiro atoms. The van der Waals surface area contributed by atoms with Gasteiger partial charge in [0.25, 0.3) is 5.69 Å². The largest absolute Gasteiger partial charge is 0.496 e. The van der Waals surface area contributed by atoms with E-state index in [1.807, 2.05) is 47.6 Å². The van der Waals surface area contributed by atoms with Crippen LogP contribution in [0.5, 0.6) is 5.75 Å². The van der Waals surface area contributed by atoms with E-state index in [2.05, 4.69) is 15.6 Å². The number of halogens is 1. The lowest BCUT2D eigenvalue weighted by molar-refractivity contribution is -0.384. The molecule has 216 valence electrons. The Bertz CT molecular complexity index is 1640. The number of nitro groups is 1. The van der Waals surface area contributed by atoms with Gasteiger partial charge in [0.05, 0.1) is 35.9 Å². The van der Waals surface area contributed by atoms with Crippen molar-refractivity contribution in [1.82, 2.24) is 19.8 Å². The standard InChI is InChI=1S/C30H29FN6O4S/c1-18-16-23(19(2)36(18)25-12-11-22(41-3)17-26(25)37(39)40)29-28(24-6-4-5-14-32-24)34-30(42)35(29)15-13-27(38)33-21-9-7-20(31)8-10-21/h4-12,14,16-17,28-29H,13,15H2,1-3H3,(H,33,38)(H,34,42)/t28-,29-/m0/s1. The van der Waals surface area contributed by atoms with Crippen LogP contribution in [-0.2, 0) is 4.79 Å². The van der Waals surface area contributed by atoms with Crippen LogP contribution in [0.3, 0.4) is 0 Å². The second-order valence-corrected chi connectivity index (χ2v) is 10.3. The van der Waals surface area contributed by atoms with Gasteiger partial charge < -0.3 is 24.8 Å². The first-order valence-corrected chi connectivity index (χ1v) is 13.6. The molecule has 1 amide bonds. The minimum Gasteiger partial charge on any atom is -0.496 e. The molecule has 5 rings (SSSR count). The van der Waals surface area contributed by atoms with Crippen molar-refractivity contribution in [2.75, 3.05) is 19.0 Å². The van der Waals surface area contributed by atoms with E-state index in [4.69, 9.17) is 17.0 Å². The first kappa shape index (κ1) is 28.7. The van der Waals surface area contributed by atoms with Crippen LogP contribution >= 0.6 is 12.2 Å². The van der Waals surface area contributed by atoms with Gasteiger partial charge in [-0.2, -0.15) is 0 Å². The third-order valence-electron chi connectivity index (χ3n) is 7.31. The van der Waals surface area contributed by atoms with E-state index in [0.29, 0.717) is 28.8 Å². The number of nitrogens with zero attached hydrogens (tertiary/aromatic N) is 4. The lowest BCUT2D eigenvalue weighted by Gasteiger charge is -2.28. The predicted molar refractivity (Wildman–Crippen MR) is 160 cm³/mol. The van der Waals surface area contributed by atoms with Gasteiger partial charge in [-0.15, -0.1) is 0 Å². The van der Waals surface area contributed by atoms with E-state index < -0.39 is 4.92 Å². The Kier molecular flexibility index (Phi) is 8.16. The molecule has 0 bridgehead atoms. The number of nitrogens with one attached hydrogen (secondary N) is 2. The van der Waals surface area contributed by atoms with Crippen molar-refractivity contribution < 1.29 is 18.8 Å². The molecular formula is C30H29FN6O4S. The topological polar surface area (TPSA) is 115 Å². The number of rotatable bonds is 9. The molecule has 42 heavy (non-hydrogen) atoms. The number of carbonyl (C=O) groups excluding carboxylic acids is 1. The smallest absolute Gasteiger partial charge is 0.296 e. The summed E-state index contributed by atoms with van der Waals surface area (Å²) >= 11 is 5.75. The number of methoxy groups -OCH3 is 1. The number of anilines is 1. The van der Waals surface area contributed by atoms with E-state index in [0.717, 1.165) is 22.6 Å². The predicted octanol–water partition coefficient (Wildman–Crippen LogP) is 5.55. The van der Waals surface area contributed by atoms with Gasteiger partial charge in [-0.05, 0) is 86.2 Å². The first-order valence-electron chi connectivity index (χ1n) is 13.2. The lowest BCUT2D eigenvalue weighted by atomic mass is 9.96. The molecule has 0 radical (unpaired) electrons. The summed E-state index contributed by atoms with van der Waals surface area (Å²) in [6.45, 7) is 4.09. The van der Waals surface area contributed by atoms with Crippen molar-refractivity contribution in [3.8, 4) is 11.4 Å². The zero-order chi connectivity index (χ0) is 30.0. The molecule has 2 atom stereocenters. The second kappa shape index (κ2) is 12.0. The SMILES string of the molecule is COc1ccc(-n2c(C)cc([C@H]3[C@H](c4ccccn4)NC(=S)N3CCC(=O)Nc3ccc(F)cc3)c2C)c([N+](=O)[O-])c1. The molecule has 2 N–H and O–H groups in total. The fourth-order valence-electron chi connectivity index (χ4n) is 5.39. The first-order chi connectivity index (χ1) is 20.2. The molecule has 1 aliphatic rings. The summed E-state index contributed by atoms with van der Waals surface area (Å²) in [5.74, 6) is -0.245. The molecule has 12 heteroatoms. The number of aromatic nitrogens is 2. The third kappa shape index (κ3) is 5.66. The summed E-state index contributed by atoms with van der Waals surface area (Å²) in [6.07, 6.45) is 1.83. The zero-order valence-electron chi connectivity index (χ0n) is 23.2. The number of thiocarbonyl (C=S) groups is 1. The van der Waals surface area contributed by atoms with Gasteiger partial charge in [-0.1, -0.05) is 6.07 Å². The van der Waals surface area contributed by atoms with Crippen molar-refractivity contribution in [2.24, 2.45) is 0 Å². The molecule has 1 aliphatic heterocycles. The molecule has 1 fully saturated rings. The number of carbonyl (C=O) groups is 1. The number of nitro benzene ring substituents is 1. The summed E-state index contributed by atoms with van der Waals surface area (Å²) in [6, 6.07) is 17.3. The number of hydrogen-bond acceptors (Lipinski definition) is 6. The molecule has 2 aromatic carbocycles. The van der Waals surface area contributed by atoms with Crippen LogP contribution in [0, 0.1) is 29.8 Å². The molecule has 0 aliphatic carbocycles. The van der Waals surface area contributed by atoms with Crippen molar-refractivity contribution >= 4 is 34.6 Å². The summed E-state index contributed by atoms with van der Waals surface area (Å²) in [5.41, 5.74) is 4.06. The Morgan fingerprint density at radius 1 is 1.17 bits per heavy atom. The molecule has 1 saturated heterocycles. The van der Waals surface area contributed by atoms with Crippen molar-refractivity contribution in [3.63, 3.8) is 0 Å². The minimum absolute atomic E-state index is 0.0848. The van der Waals surface area contributed by atoms with E-state index in [1.165, 1.54) is 37.4 Å². The maximum Gasteiger partial charge on any atom is 0.296 e. The Hall–Kier alpha value is -4.84. The summed E-state index contributed by atoms with van der Waals surface area (Å²) in [5, 5.41) is 18.6. The van der Waals surface area contributed by atoms with Crippen molar-refractivity contribution in [1.29, 1.82) is 0 Å².